The van der Waals surface area contributed by atoms with E-state index in [2.05, 4.69) is 31.4 Å². The topological polar surface area (TPSA) is 51.0 Å². The van der Waals surface area contributed by atoms with Crippen LogP contribution in [0.1, 0.15) is 13.8 Å². The average molecular weight is 300 g/mol. The monoisotopic (exact) mass is 299 g/mol. The van der Waals surface area contributed by atoms with Crippen molar-refractivity contribution in [2.24, 2.45) is 0 Å². The van der Waals surface area contributed by atoms with Crippen molar-refractivity contribution in [3.63, 3.8) is 0 Å². The van der Waals surface area contributed by atoms with Crippen molar-refractivity contribution < 1.29 is 8.91 Å². The largest absolute Gasteiger partial charge is 0.336 e. The van der Waals surface area contributed by atoms with Crippen molar-refractivity contribution in [3.05, 3.63) is 28.5 Å². The van der Waals surface area contributed by atoms with Crippen molar-refractivity contribution in [2.75, 3.05) is 5.32 Å². The molecule has 1 aromatic carbocycles. The van der Waals surface area contributed by atoms with Gasteiger partial charge in [-0.1, -0.05) is 21.1 Å². The third-order valence-corrected chi connectivity index (χ3v) is 2.70. The first-order chi connectivity index (χ1) is 8.06. The molecule has 0 spiro atoms. The second kappa shape index (κ2) is 4.83. The molecular weight excluding hydrogens is 289 g/mol. The SMILES string of the molecule is CC(C)Nc1nc(-c2cc(F)ccc2Br)no1. The summed E-state index contributed by atoms with van der Waals surface area (Å²) in [7, 11) is 0. The van der Waals surface area contributed by atoms with E-state index in [1.54, 1.807) is 6.07 Å². The van der Waals surface area contributed by atoms with Gasteiger partial charge in [-0.15, -0.1) is 0 Å². The number of rotatable bonds is 3. The number of nitrogens with one attached hydrogen (secondary N) is 1. The highest BCUT2D eigenvalue weighted by Crippen LogP contribution is 2.27. The number of aromatic nitrogens is 2. The predicted molar refractivity (Wildman–Crippen MR) is 66.2 cm³/mol. The van der Waals surface area contributed by atoms with Gasteiger partial charge < -0.3 is 9.84 Å². The van der Waals surface area contributed by atoms with Gasteiger partial charge in [-0.25, -0.2) is 4.39 Å². The molecule has 0 aliphatic heterocycles. The zero-order valence-corrected chi connectivity index (χ0v) is 11.0. The van der Waals surface area contributed by atoms with Crippen LogP contribution >= 0.6 is 15.9 Å². The summed E-state index contributed by atoms with van der Waals surface area (Å²) < 4.78 is 18.9. The minimum Gasteiger partial charge on any atom is -0.336 e. The third-order valence-electron chi connectivity index (χ3n) is 2.01. The number of anilines is 1. The van der Waals surface area contributed by atoms with Crippen LogP contribution in [0.15, 0.2) is 27.2 Å². The molecule has 4 nitrogen and oxygen atoms in total. The summed E-state index contributed by atoms with van der Waals surface area (Å²) in [6.45, 7) is 3.92. The highest BCUT2D eigenvalue weighted by molar-refractivity contribution is 9.10. The van der Waals surface area contributed by atoms with E-state index in [9.17, 15) is 4.39 Å². The van der Waals surface area contributed by atoms with Gasteiger partial charge in [-0.05, 0) is 32.0 Å². The van der Waals surface area contributed by atoms with E-state index in [1.165, 1.54) is 12.1 Å². The molecule has 17 heavy (non-hydrogen) atoms. The smallest absolute Gasteiger partial charge is 0.321 e. The first kappa shape index (κ1) is 12.0. The van der Waals surface area contributed by atoms with Gasteiger partial charge >= 0.3 is 6.01 Å². The molecule has 0 bridgehead atoms. The lowest BCUT2D eigenvalue weighted by Gasteiger charge is -2.02. The zero-order chi connectivity index (χ0) is 12.4. The Morgan fingerprint density at radius 1 is 1.41 bits per heavy atom. The number of benzene rings is 1. The predicted octanol–water partition coefficient (Wildman–Crippen LogP) is 3.46. The molecule has 0 radical (unpaired) electrons. The lowest BCUT2D eigenvalue weighted by molar-refractivity contribution is 0.429. The number of hydrogen-bond acceptors (Lipinski definition) is 4. The molecule has 0 atom stereocenters. The van der Waals surface area contributed by atoms with Crippen LogP contribution in [0.5, 0.6) is 0 Å². The van der Waals surface area contributed by atoms with Crippen LogP contribution in [0.2, 0.25) is 0 Å². The summed E-state index contributed by atoms with van der Waals surface area (Å²) in [5.74, 6) is 0.00546. The Labute approximate surface area is 106 Å². The van der Waals surface area contributed by atoms with E-state index in [4.69, 9.17) is 4.52 Å². The molecule has 2 rings (SSSR count). The van der Waals surface area contributed by atoms with Gasteiger partial charge in [0.25, 0.3) is 0 Å². The van der Waals surface area contributed by atoms with Gasteiger partial charge in [0.05, 0.1) is 0 Å². The first-order valence-electron chi connectivity index (χ1n) is 5.12. The van der Waals surface area contributed by atoms with Crippen LogP contribution in [0.25, 0.3) is 11.4 Å². The first-order valence-corrected chi connectivity index (χ1v) is 5.91. The maximum Gasteiger partial charge on any atom is 0.321 e. The second-order valence-corrected chi connectivity index (χ2v) is 4.70. The molecule has 0 amide bonds. The highest BCUT2D eigenvalue weighted by atomic mass is 79.9. The van der Waals surface area contributed by atoms with Crippen molar-refractivity contribution in [2.45, 2.75) is 19.9 Å². The minimum absolute atomic E-state index is 0.194. The fraction of sp³-hybridized carbons (Fsp3) is 0.273. The van der Waals surface area contributed by atoms with E-state index >= 15 is 0 Å². The van der Waals surface area contributed by atoms with E-state index < -0.39 is 0 Å². The van der Waals surface area contributed by atoms with E-state index in [0.29, 0.717) is 17.4 Å². The second-order valence-electron chi connectivity index (χ2n) is 3.85. The third kappa shape index (κ3) is 2.82. The molecule has 0 aliphatic rings. The molecule has 1 aromatic heterocycles. The van der Waals surface area contributed by atoms with Gasteiger partial charge in [-0.2, -0.15) is 4.98 Å². The van der Waals surface area contributed by atoms with Crippen molar-refractivity contribution in [3.8, 4) is 11.4 Å². The normalized spacial score (nSPS) is 10.9. The Morgan fingerprint density at radius 3 is 2.88 bits per heavy atom. The molecule has 90 valence electrons. The number of hydrogen-bond donors (Lipinski definition) is 1. The van der Waals surface area contributed by atoms with Gasteiger partial charge in [0.2, 0.25) is 5.82 Å². The maximum atomic E-state index is 13.1. The van der Waals surface area contributed by atoms with Crippen molar-refractivity contribution in [1.29, 1.82) is 0 Å². The van der Waals surface area contributed by atoms with E-state index in [1.807, 2.05) is 13.8 Å². The summed E-state index contributed by atoms with van der Waals surface area (Å²) >= 11 is 3.32. The minimum atomic E-state index is -0.341. The van der Waals surface area contributed by atoms with Gasteiger partial charge in [0.1, 0.15) is 5.82 Å². The zero-order valence-electron chi connectivity index (χ0n) is 9.37. The fourth-order valence-electron chi connectivity index (χ4n) is 1.31. The molecule has 0 aliphatic carbocycles. The van der Waals surface area contributed by atoms with Crippen molar-refractivity contribution >= 4 is 21.9 Å². The molecule has 0 fully saturated rings. The molecular formula is C11H11BrFN3O. The Balaban J connectivity index is 2.33. The Bertz CT molecular complexity index is 527. The van der Waals surface area contributed by atoms with Gasteiger partial charge in [0.15, 0.2) is 0 Å². The summed E-state index contributed by atoms with van der Waals surface area (Å²) in [6.07, 6.45) is 0. The number of nitrogens with zero attached hydrogens (tertiary/aromatic N) is 2. The number of halogens is 2. The summed E-state index contributed by atoms with van der Waals surface area (Å²) in [6, 6.07) is 4.84. The molecule has 0 unspecified atom stereocenters. The van der Waals surface area contributed by atoms with Crippen molar-refractivity contribution in [1.82, 2.24) is 10.1 Å². The van der Waals surface area contributed by atoms with Crippen LogP contribution < -0.4 is 5.32 Å². The summed E-state index contributed by atoms with van der Waals surface area (Å²) in [4.78, 5) is 4.14. The Morgan fingerprint density at radius 2 is 2.18 bits per heavy atom. The lowest BCUT2D eigenvalue weighted by Crippen LogP contribution is -2.09. The lowest BCUT2D eigenvalue weighted by atomic mass is 10.2. The fourth-order valence-corrected chi connectivity index (χ4v) is 1.73. The standard InChI is InChI=1S/C11H11BrFN3O/c1-6(2)14-11-15-10(16-17-11)8-5-7(13)3-4-9(8)12/h3-6H,1-2H3,(H,14,15,16). The van der Waals surface area contributed by atoms with Crippen LogP contribution in [-0.2, 0) is 0 Å². The van der Waals surface area contributed by atoms with Crippen LogP contribution in [0.3, 0.4) is 0 Å². The highest BCUT2D eigenvalue weighted by Gasteiger charge is 2.12. The Kier molecular flexibility index (Phi) is 3.42. The summed E-state index contributed by atoms with van der Waals surface area (Å²) in [5.41, 5.74) is 0.561. The molecule has 2 aromatic rings. The summed E-state index contributed by atoms with van der Waals surface area (Å²) in [5, 5.41) is 6.78. The average Bonchev–Trinajstić information content (AvgIpc) is 2.69. The molecule has 6 heteroatoms. The van der Waals surface area contributed by atoms with Gasteiger partial charge in [0, 0.05) is 16.1 Å². The van der Waals surface area contributed by atoms with E-state index in [0.717, 1.165) is 4.47 Å². The molecule has 0 saturated heterocycles. The van der Waals surface area contributed by atoms with Crippen LogP contribution in [-0.4, -0.2) is 16.2 Å². The quantitative estimate of drug-likeness (QED) is 0.943. The van der Waals surface area contributed by atoms with Crippen LogP contribution in [0, 0.1) is 5.82 Å². The van der Waals surface area contributed by atoms with E-state index in [-0.39, 0.29) is 11.9 Å². The van der Waals surface area contributed by atoms with Gasteiger partial charge in [-0.3, -0.25) is 0 Å². The molecule has 0 saturated carbocycles. The Hall–Kier alpha value is -1.43. The maximum absolute atomic E-state index is 13.1. The molecule has 1 heterocycles. The van der Waals surface area contributed by atoms with Crippen LogP contribution in [0.4, 0.5) is 10.4 Å². The molecule has 1 N–H and O–H groups in total.